The van der Waals surface area contributed by atoms with Crippen molar-refractivity contribution in [3.05, 3.63) is 101 Å². The van der Waals surface area contributed by atoms with Gasteiger partial charge in [0.1, 0.15) is 5.82 Å². The van der Waals surface area contributed by atoms with Crippen LogP contribution < -0.4 is 0 Å². The Balaban J connectivity index is 2.04. The van der Waals surface area contributed by atoms with E-state index in [-0.39, 0.29) is 11.7 Å². The van der Waals surface area contributed by atoms with Crippen LogP contribution in [0.3, 0.4) is 0 Å². The maximum absolute atomic E-state index is 13.8. The number of nitriles is 1. The molecule has 0 N–H and O–H groups in total. The first-order valence-electron chi connectivity index (χ1n) is 8.04. The van der Waals surface area contributed by atoms with Gasteiger partial charge in [-0.25, -0.2) is 4.39 Å². The Morgan fingerprint density at radius 1 is 1.12 bits per heavy atom. The molecule has 0 aliphatic heterocycles. The van der Waals surface area contributed by atoms with Gasteiger partial charge in [0, 0.05) is 18.8 Å². The fraction of sp³-hybridized carbons (Fsp3) is 0.0952. The molecule has 1 atom stereocenters. The van der Waals surface area contributed by atoms with Gasteiger partial charge in [-0.15, -0.1) is 0 Å². The molecule has 1 heterocycles. The topological polar surface area (TPSA) is 57.0 Å². The molecule has 128 valence electrons. The van der Waals surface area contributed by atoms with Gasteiger partial charge < -0.3 is 4.90 Å². The minimum atomic E-state index is -0.551. The van der Waals surface area contributed by atoms with Crippen LogP contribution in [0.4, 0.5) is 4.39 Å². The van der Waals surface area contributed by atoms with E-state index in [1.54, 1.807) is 61.8 Å². The van der Waals surface area contributed by atoms with Crippen LogP contribution in [-0.2, 0) is 0 Å². The maximum atomic E-state index is 13.8. The summed E-state index contributed by atoms with van der Waals surface area (Å²) in [6, 6.07) is 19.5. The van der Waals surface area contributed by atoms with Gasteiger partial charge in [-0.3, -0.25) is 9.78 Å². The fourth-order valence-corrected chi connectivity index (χ4v) is 2.85. The molecular formula is C21H16FN3O. The SMILES string of the molecule is CN(C(=O)c1cccc(C#N)c1)C(c1cccc(F)c1)c1ccccn1. The van der Waals surface area contributed by atoms with Crippen molar-refractivity contribution in [3.63, 3.8) is 0 Å². The first-order valence-corrected chi connectivity index (χ1v) is 8.04. The third kappa shape index (κ3) is 3.60. The zero-order valence-corrected chi connectivity index (χ0v) is 14.1. The van der Waals surface area contributed by atoms with E-state index in [1.807, 2.05) is 12.1 Å². The van der Waals surface area contributed by atoms with Gasteiger partial charge in [0.25, 0.3) is 5.91 Å². The number of aromatic nitrogens is 1. The van der Waals surface area contributed by atoms with Gasteiger partial charge in [0.05, 0.1) is 23.4 Å². The fourth-order valence-electron chi connectivity index (χ4n) is 2.85. The molecule has 2 aromatic carbocycles. The maximum Gasteiger partial charge on any atom is 0.254 e. The summed E-state index contributed by atoms with van der Waals surface area (Å²) in [5.41, 5.74) is 2.05. The molecule has 0 aliphatic rings. The highest BCUT2D eigenvalue weighted by Crippen LogP contribution is 2.28. The summed E-state index contributed by atoms with van der Waals surface area (Å²) in [6.45, 7) is 0. The first kappa shape index (κ1) is 17.3. The standard InChI is InChI=1S/C21H16FN3O/c1-25(21(26)17-8-4-6-15(12-17)14-23)20(19-10-2-3-11-24-19)16-7-5-9-18(22)13-16/h2-13,20H,1H3. The number of halogens is 1. The average molecular weight is 345 g/mol. The van der Waals surface area contributed by atoms with Gasteiger partial charge in [-0.2, -0.15) is 5.26 Å². The quantitative estimate of drug-likeness (QED) is 0.719. The second-order valence-corrected chi connectivity index (χ2v) is 5.82. The van der Waals surface area contributed by atoms with Crippen LogP contribution in [0, 0.1) is 17.1 Å². The second kappa shape index (κ2) is 7.58. The highest BCUT2D eigenvalue weighted by molar-refractivity contribution is 5.94. The van der Waals surface area contributed by atoms with E-state index in [1.165, 1.54) is 17.0 Å². The summed E-state index contributed by atoms with van der Waals surface area (Å²) in [6.07, 6.45) is 1.64. The molecule has 0 spiro atoms. The molecule has 0 saturated heterocycles. The molecule has 1 amide bonds. The molecule has 0 radical (unpaired) electrons. The van der Waals surface area contributed by atoms with Crippen molar-refractivity contribution in [2.24, 2.45) is 0 Å². The van der Waals surface area contributed by atoms with Crippen molar-refractivity contribution in [3.8, 4) is 6.07 Å². The van der Waals surface area contributed by atoms with Crippen LogP contribution in [0.5, 0.6) is 0 Å². The predicted octanol–water partition coefficient (Wildman–Crippen LogP) is 3.95. The minimum absolute atomic E-state index is 0.276. The lowest BCUT2D eigenvalue weighted by molar-refractivity contribution is 0.0752. The van der Waals surface area contributed by atoms with Crippen LogP contribution in [0.1, 0.15) is 33.2 Å². The number of amides is 1. The van der Waals surface area contributed by atoms with E-state index < -0.39 is 6.04 Å². The lowest BCUT2D eigenvalue weighted by Gasteiger charge is -2.28. The number of hydrogen-bond donors (Lipinski definition) is 0. The van der Waals surface area contributed by atoms with Gasteiger partial charge >= 0.3 is 0 Å². The molecule has 3 aromatic rings. The third-order valence-corrected chi connectivity index (χ3v) is 4.08. The Morgan fingerprint density at radius 3 is 2.62 bits per heavy atom. The summed E-state index contributed by atoms with van der Waals surface area (Å²) in [5, 5.41) is 9.05. The Hall–Kier alpha value is -3.52. The number of hydrogen-bond acceptors (Lipinski definition) is 3. The van der Waals surface area contributed by atoms with Crippen LogP contribution in [0.25, 0.3) is 0 Å². The van der Waals surface area contributed by atoms with Gasteiger partial charge in [-0.1, -0.05) is 24.3 Å². The van der Waals surface area contributed by atoms with Gasteiger partial charge in [-0.05, 0) is 48.0 Å². The Morgan fingerprint density at radius 2 is 1.92 bits per heavy atom. The first-order chi connectivity index (χ1) is 12.6. The molecular weight excluding hydrogens is 329 g/mol. The van der Waals surface area contributed by atoms with E-state index in [2.05, 4.69) is 4.98 Å². The third-order valence-electron chi connectivity index (χ3n) is 4.08. The normalized spacial score (nSPS) is 11.4. The van der Waals surface area contributed by atoms with Crippen molar-refractivity contribution in [2.75, 3.05) is 7.05 Å². The summed E-state index contributed by atoms with van der Waals surface area (Å²) in [7, 11) is 1.64. The van der Waals surface area contributed by atoms with Crippen molar-refractivity contribution < 1.29 is 9.18 Å². The monoisotopic (exact) mass is 345 g/mol. The van der Waals surface area contributed by atoms with E-state index in [0.717, 1.165) is 0 Å². The molecule has 1 aromatic heterocycles. The minimum Gasteiger partial charge on any atom is -0.329 e. The van der Waals surface area contributed by atoms with Crippen molar-refractivity contribution in [2.45, 2.75) is 6.04 Å². The predicted molar refractivity (Wildman–Crippen MR) is 95.7 cm³/mol. The van der Waals surface area contributed by atoms with E-state index in [9.17, 15) is 9.18 Å². The lowest BCUT2D eigenvalue weighted by atomic mass is 10.00. The van der Waals surface area contributed by atoms with Crippen LogP contribution in [0.15, 0.2) is 72.9 Å². The summed E-state index contributed by atoms with van der Waals surface area (Å²) in [4.78, 5) is 18.8. The Bertz CT molecular complexity index is 966. The van der Waals surface area contributed by atoms with E-state index in [4.69, 9.17) is 5.26 Å². The van der Waals surface area contributed by atoms with Crippen LogP contribution in [-0.4, -0.2) is 22.8 Å². The molecule has 26 heavy (non-hydrogen) atoms. The summed E-state index contributed by atoms with van der Waals surface area (Å²) in [5.74, 6) is -0.655. The summed E-state index contributed by atoms with van der Waals surface area (Å²) >= 11 is 0. The molecule has 3 rings (SSSR count). The Labute approximate surface area is 151 Å². The number of carbonyl (C=O) groups is 1. The largest absolute Gasteiger partial charge is 0.329 e. The second-order valence-electron chi connectivity index (χ2n) is 5.82. The smallest absolute Gasteiger partial charge is 0.254 e. The highest BCUT2D eigenvalue weighted by Gasteiger charge is 2.26. The van der Waals surface area contributed by atoms with Crippen LogP contribution in [0.2, 0.25) is 0 Å². The zero-order chi connectivity index (χ0) is 18.5. The van der Waals surface area contributed by atoms with E-state index in [0.29, 0.717) is 22.4 Å². The zero-order valence-electron chi connectivity index (χ0n) is 14.1. The molecule has 0 fully saturated rings. The van der Waals surface area contributed by atoms with Crippen molar-refractivity contribution in [1.82, 2.24) is 9.88 Å². The van der Waals surface area contributed by atoms with Crippen molar-refractivity contribution >= 4 is 5.91 Å². The molecule has 0 bridgehead atoms. The van der Waals surface area contributed by atoms with Gasteiger partial charge in [0.2, 0.25) is 0 Å². The van der Waals surface area contributed by atoms with Crippen molar-refractivity contribution in [1.29, 1.82) is 5.26 Å². The highest BCUT2D eigenvalue weighted by atomic mass is 19.1. The molecule has 5 heteroatoms. The van der Waals surface area contributed by atoms with E-state index >= 15 is 0 Å². The average Bonchev–Trinajstić information content (AvgIpc) is 2.68. The molecule has 1 unspecified atom stereocenters. The number of nitrogens with zero attached hydrogens (tertiary/aromatic N) is 3. The number of rotatable bonds is 4. The number of benzene rings is 2. The lowest BCUT2D eigenvalue weighted by Crippen LogP contribution is -2.32. The molecule has 4 nitrogen and oxygen atoms in total. The molecule has 0 aliphatic carbocycles. The summed E-state index contributed by atoms with van der Waals surface area (Å²) < 4.78 is 13.8. The Kier molecular flexibility index (Phi) is 5.04. The molecule has 0 saturated carbocycles. The number of carbonyl (C=O) groups excluding carboxylic acids is 1. The van der Waals surface area contributed by atoms with Crippen LogP contribution >= 0.6 is 0 Å². The van der Waals surface area contributed by atoms with Gasteiger partial charge in [0.15, 0.2) is 0 Å². The number of pyridine rings is 1.